The molecular weight excluding hydrogens is 280 g/mol. The molecule has 3 amide bonds. The first-order valence-corrected chi connectivity index (χ1v) is 7.27. The molecule has 22 heavy (non-hydrogen) atoms. The summed E-state index contributed by atoms with van der Waals surface area (Å²) in [5, 5.41) is 2.79. The van der Waals surface area contributed by atoms with Crippen LogP contribution in [0.3, 0.4) is 0 Å². The van der Waals surface area contributed by atoms with E-state index < -0.39 is 0 Å². The fraction of sp³-hybridized carbons (Fsp3) is 0.235. The monoisotopic (exact) mass is 297 g/mol. The summed E-state index contributed by atoms with van der Waals surface area (Å²) in [7, 11) is 0. The highest BCUT2D eigenvalue weighted by Gasteiger charge is 2.40. The zero-order valence-electron chi connectivity index (χ0n) is 12.1. The molecule has 0 saturated carbocycles. The van der Waals surface area contributed by atoms with Crippen molar-refractivity contribution in [2.45, 2.75) is 25.4 Å². The number of carbonyl (C=O) groups excluding carboxylic acids is 2. The largest absolute Gasteiger partial charge is 0.334 e. The van der Waals surface area contributed by atoms with E-state index >= 15 is 0 Å². The highest BCUT2D eigenvalue weighted by Crippen LogP contribution is 2.23. The van der Waals surface area contributed by atoms with Gasteiger partial charge < -0.3 is 5.32 Å². The third-order valence-electron chi connectivity index (χ3n) is 3.77. The van der Waals surface area contributed by atoms with Crippen molar-refractivity contribution in [2.75, 3.05) is 0 Å². The molecule has 0 bridgehead atoms. The number of amides is 3. The Kier molecular flexibility index (Phi) is 4.14. The molecule has 1 fully saturated rings. The molecule has 2 heterocycles. The third kappa shape index (κ3) is 3.14. The summed E-state index contributed by atoms with van der Waals surface area (Å²) >= 11 is 0. The lowest BCUT2D eigenvalue weighted by Gasteiger charge is -2.38. The number of aromatic nitrogens is 1. The predicted molar refractivity (Wildman–Crippen MR) is 81.9 cm³/mol. The second kappa shape index (κ2) is 6.39. The molecule has 0 spiro atoms. The Morgan fingerprint density at radius 2 is 1.86 bits per heavy atom. The highest BCUT2D eigenvalue weighted by molar-refractivity contribution is 5.99. The SMILES string of the molecule is O=C1C[C@H](Cc2ccccc2)[15N]1C(=O)[15NH]Cc1ccncc1. The van der Waals surface area contributed by atoms with Gasteiger partial charge in [0.25, 0.3) is 0 Å². The average Bonchev–Trinajstić information content (AvgIpc) is 2.54. The summed E-state index contributed by atoms with van der Waals surface area (Å²) in [6.45, 7) is 0.392. The number of carbonyl (C=O) groups is 2. The number of likely N-dealkylation sites (tertiary alicyclic amines) is 1. The highest BCUT2D eigenvalue weighted by atomic mass is 16.3. The van der Waals surface area contributed by atoms with Crippen molar-refractivity contribution in [1.29, 1.82) is 0 Å². The number of benzene rings is 1. The van der Waals surface area contributed by atoms with E-state index in [1.807, 2.05) is 42.5 Å². The van der Waals surface area contributed by atoms with Crippen LogP contribution in [0.25, 0.3) is 0 Å². The molecule has 0 radical (unpaired) electrons. The standard InChI is InChI=1S/C17H17N3O2/c21-16-11-15(10-13-4-2-1-3-5-13)20(16)17(22)19-12-14-6-8-18-9-7-14/h1-9,15H,10-12H2,(H,19,22)/t15-/m0/s1/i19+1,20+1. The Balaban J connectivity index is 1.57. The van der Waals surface area contributed by atoms with Gasteiger partial charge in [0.1, 0.15) is 0 Å². The second-order valence-corrected chi connectivity index (χ2v) is 5.33. The van der Waals surface area contributed by atoms with Gasteiger partial charge in [0.05, 0.1) is 6.04 Å². The maximum absolute atomic E-state index is 12.2. The zero-order valence-corrected chi connectivity index (χ0v) is 12.1. The average molecular weight is 297 g/mol. The van der Waals surface area contributed by atoms with Crippen LogP contribution in [0.2, 0.25) is 0 Å². The number of nitrogens with zero attached hydrogens (tertiary/aromatic N) is 2. The fourth-order valence-electron chi connectivity index (χ4n) is 2.57. The maximum Gasteiger partial charge on any atom is 0.324 e. The van der Waals surface area contributed by atoms with Crippen molar-refractivity contribution in [3.05, 3.63) is 66.0 Å². The van der Waals surface area contributed by atoms with E-state index in [4.69, 9.17) is 0 Å². The summed E-state index contributed by atoms with van der Waals surface area (Å²) in [6.07, 6.45) is 4.48. The molecule has 2 aromatic rings. The van der Waals surface area contributed by atoms with Gasteiger partial charge in [-0.1, -0.05) is 30.3 Å². The van der Waals surface area contributed by atoms with Gasteiger partial charge in [-0.2, -0.15) is 0 Å². The van der Waals surface area contributed by atoms with E-state index in [-0.39, 0.29) is 18.0 Å². The van der Waals surface area contributed by atoms with Crippen LogP contribution in [0.4, 0.5) is 4.79 Å². The Labute approximate surface area is 129 Å². The molecular formula is C17H17N3O2. The van der Waals surface area contributed by atoms with E-state index in [2.05, 4.69) is 10.3 Å². The normalized spacial score (nSPS) is 17.0. The van der Waals surface area contributed by atoms with Crippen LogP contribution in [0.5, 0.6) is 0 Å². The van der Waals surface area contributed by atoms with Crippen molar-refractivity contribution in [3.8, 4) is 0 Å². The van der Waals surface area contributed by atoms with Crippen LogP contribution in [0.1, 0.15) is 17.5 Å². The van der Waals surface area contributed by atoms with Gasteiger partial charge in [-0.25, -0.2) is 4.79 Å². The molecule has 1 aliphatic rings. The fourth-order valence-corrected chi connectivity index (χ4v) is 2.57. The van der Waals surface area contributed by atoms with Gasteiger partial charge >= 0.3 is 6.03 Å². The Morgan fingerprint density at radius 3 is 2.55 bits per heavy atom. The third-order valence-corrected chi connectivity index (χ3v) is 3.77. The molecule has 0 aliphatic carbocycles. The molecule has 1 saturated heterocycles. The van der Waals surface area contributed by atoms with Crippen LogP contribution in [-0.4, -0.2) is 27.9 Å². The molecule has 0 unspecified atom stereocenters. The Hall–Kier alpha value is -2.69. The van der Waals surface area contributed by atoms with Gasteiger partial charge in [-0.3, -0.25) is 14.7 Å². The van der Waals surface area contributed by atoms with Crippen LogP contribution in [0.15, 0.2) is 54.9 Å². The number of imide groups is 1. The molecule has 5 heteroatoms. The second-order valence-electron chi connectivity index (χ2n) is 5.33. The quantitative estimate of drug-likeness (QED) is 0.694. The van der Waals surface area contributed by atoms with Crippen LogP contribution >= 0.6 is 0 Å². The Bertz CT molecular complexity index is 658. The van der Waals surface area contributed by atoms with Crippen molar-refractivity contribution >= 4 is 11.9 Å². The smallest absolute Gasteiger partial charge is 0.324 e. The van der Waals surface area contributed by atoms with Gasteiger partial charge in [0, 0.05) is 25.4 Å². The molecule has 3 rings (SSSR count). The van der Waals surface area contributed by atoms with Gasteiger partial charge in [-0.05, 0) is 29.7 Å². The maximum atomic E-state index is 12.2. The first-order chi connectivity index (χ1) is 10.7. The van der Waals surface area contributed by atoms with E-state index in [1.165, 1.54) is 4.90 Å². The Morgan fingerprint density at radius 1 is 1.14 bits per heavy atom. The zero-order chi connectivity index (χ0) is 15.4. The topological polar surface area (TPSA) is 62.3 Å². The minimum absolute atomic E-state index is 0.0488. The van der Waals surface area contributed by atoms with Crippen LogP contribution in [0, 0.1) is 0 Å². The lowest BCUT2D eigenvalue weighted by Crippen LogP contribution is -2.59. The summed E-state index contributed by atoms with van der Waals surface area (Å²) in [5.74, 6) is -0.117. The summed E-state index contributed by atoms with van der Waals surface area (Å²) < 4.78 is 0. The van der Waals surface area contributed by atoms with E-state index in [0.717, 1.165) is 11.1 Å². The molecule has 1 aliphatic heterocycles. The molecule has 1 aromatic heterocycles. The summed E-state index contributed by atoms with van der Waals surface area (Å²) in [6, 6.07) is 13.2. The summed E-state index contributed by atoms with van der Waals surface area (Å²) in [5.41, 5.74) is 2.09. The van der Waals surface area contributed by atoms with Crippen molar-refractivity contribution < 1.29 is 9.59 Å². The van der Waals surface area contributed by atoms with E-state index in [0.29, 0.717) is 19.4 Å². The lowest BCUT2D eigenvalue weighted by molar-refractivity contribution is -0.140. The minimum Gasteiger partial charge on any atom is -0.334 e. The molecule has 112 valence electrons. The van der Waals surface area contributed by atoms with E-state index in [9.17, 15) is 9.59 Å². The van der Waals surface area contributed by atoms with Crippen LogP contribution < -0.4 is 5.32 Å². The molecule has 1 atom stereocenters. The minimum atomic E-state index is -0.325. The number of nitrogens with one attached hydrogen (secondary N) is 1. The van der Waals surface area contributed by atoms with Gasteiger partial charge in [0.15, 0.2) is 0 Å². The van der Waals surface area contributed by atoms with Crippen molar-refractivity contribution in [3.63, 3.8) is 0 Å². The van der Waals surface area contributed by atoms with Gasteiger partial charge in [0.2, 0.25) is 5.91 Å². The first kappa shape index (κ1) is 14.3. The van der Waals surface area contributed by atoms with Crippen molar-refractivity contribution in [1.82, 2.24) is 15.2 Å². The number of hydrogen-bond acceptors (Lipinski definition) is 3. The number of urea groups is 1. The van der Waals surface area contributed by atoms with Crippen LogP contribution in [-0.2, 0) is 17.8 Å². The van der Waals surface area contributed by atoms with Gasteiger partial charge in [-0.15, -0.1) is 0 Å². The number of pyridine rings is 1. The lowest BCUT2D eigenvalue weighted by atomic mass is 9.99. The number of β-lactam (4-membered cyclic amide) rings is 1. The van der Waals surface area contributed by atoms with E-state index in [1.54, 1.807) is 12.4 Å². The number of hydrogen-bond donors (Lipinski definition) is 1. The molecule has 5 nitrogen and oxygen atoms in total. The molecule has 1 aromatic carbocycles. The number of rotatable bonds is 4. The predicted octanol–water partition coefficient (Wildman–Crippen LogP) is 2.13. The first-order valence-electron chi connectivity index (χ1n) is 7.27. The van der Waals surface area contributed by atoms with Crippen molar-refractivity contribution in [2.24, 2.45) is 0 Å². The summed E-state index contributed by atoms with van der Waals surface area (Å²) in [4.78, 5) is 29.2. The molecule has 1 N–H and O–H groups in total.